The van der Waals surface area contributed by atoms with Gasteiger partial charge in [-0.25, -0.2) is 8.42 Å². The van der Waals surface area contributed by atoms with Crippen LogP contribution in [0.5, 0.6) is 11.5 Å². The SMILES string of the molecule is O=S(=O)(Nc1ccc(Oc2cccc3cccnc23)cc1)c1cccc(C(F)(F)F)c1. The molecular formula is C22H15F3N2O3S. The van der Waals surface area contributed by atoms with Crippen LogP contribution in [0, 0.1) is 0 Å². The molecule has 0 saturated carbocycles. The molecule has 0 radical (unpaired) electrons. The second-order valence-electron chi connectivity index (χ2n) is 6.59. The van der Waals surface area contributed by atoms with Gasteiger partial charge in [0.15, 0.2) is 5.75 Å². The maximum Gasteiger partial charge on any atom is 0.416 e. The van der Waals surface area contributed by atoms with Crippen molar-refractivity contribution in [2.45, 2.75) is 11.1 Å². The number of sulfonamides is 1. The number of anilines is 1. The van der Waals surface area contributed by atoms with Crippen molar-refractivity contribution in [3.05, 3.63) is 90.6 Å². The fourth-order valence-corrected chi connectivity index (χ4v) is 4.03. The molecule has 0 spiro atoms. The van der Waals surface area contributed by atoms with Crippen LogP contribution in [0.2, 0.25) is 0 Å². The van der Waals surface area contributed by atoms with Crippen LogP contribution >= 0.6 is 0 Å². The molecule has 0 aliphatic carbocycles. The number of rotatable bonds is 5. The molecule has 0 atom stereocenters. The third-order valence-corrected chi connectivity index (χ3v) is 5.78. The minimum Gasteiger partial charge on any atom is -0.455 e. The number of alkyl halides is 3. The van der Waals surface area contributed by atoms with Gasteiger partial charge in [0.05, 0.1) is 10.5 Å². The molecule has 0 fully saturated rings. The minimum atomic E-state index is -4.64. The van der Waals surface area contributed by atoms with E-state index in [-0.39, 0.29) is 5.69 Å². The lowest BCUT2D eigenvalue weighted by atomic mass is 10.2. The predicted molar refractivity (Wildman–Crippen MR) is 111 cm³/mol. The van der Waals surface area contributed by atoms with Gasteiger partial charge in [-0.1, -0.05) is 24.3 Å². The number of fused-ring (bicyclic) bond motifs is 1. The first-order valence-corrected chi connectivity index (χ1v) is 10.5. The van der Waals surface area contributed by atoms with Crippen molar-refractivity contribution >= 4 is 26.6 Å². The number of ether oxygens (including phenoxy) is 1. The van der Waals surface area contributed by atoms with Gasteiger partial charge in [-0.15, -0.1) is 0 Å². The van der Waals surface area contributed by atoms with Crippen molar-refractivity contribution in [1.29, 1.82) is 0 Å². The van der Waals surface area contributed by atoms with Crippen LogP contribution < -0.4 is 9.46 Å². The zero-order valence-corrected chi connectivity index (χ0v) is 16.6. The van der Waals surface area contributed by atoms with Crippen LogP contribution in [0.25, 0.3) is 10.9 Å². The zero-order chi connectivity index (χ0) is 22.1. The maximum atomic E-state index is 12.9. The summed E-state index contributed by atoms with van der Waals surface area (Å²) in [6.45, 7) is 0. The van der Waals surface area contributed by atoms with Gasteiger partial charge < -0.3 is 4.74 Å². The third-order valence-electron chi connectivity index (χ3n) is 4.40. The molecule has 5 nitrogen and oxygen atoms in total. The van der Waals surface area contributed by atoms with E-state index in [2.05, 4.69) is 9.71 Å². The van der Waals surface area contributed by atoms with Crippen LogP contribution in [0.1, 0.15) is 5.56 Å². The lowest BCUT2D eigenvalue weighted by Crippen LogP contribution is -2.14. The predicted octanol–water partition coefficient (Wildman–Crippen LogP) is 5.85. The fraction of sp³-hybridized carbons (Fsp3) is 0.0455. The number of para-hydroxylation sites is 1. The van der Waals surface area contributed by atoms with E-state index in [1.54, 1.807) is 24.4 Å². The topological polar surface area (TPSA) is 68.3 Å². The minimum absolute atomic E-state index is 0.181. The van der Waals surface area contributed by atoms with Gasteiger partial charge >= 0.3 is 6.18 Å². The Kier molecular flexibility index (Phi) is 5.28. The largest absolute Gasteiger partial charge is 0.455 e. The summed E-state index contributed by atoms with van der Waals surface area (Å²) in [6.07, 6.45) is -2.98. The van der Waals surface area contributed by atoms with Gasteiger partial charge in [0, 0.05) is 17.3 Å². The summed E-state index contributed by atoms with van der Waals surface area (Å²) in [5.74, 6) is 0.982. The average Bonchev–Trinajstić information content (AvgIpc) is 2.75. The highest BCUT2D eigenvalue weighted by Crippen LogP contribution is 2.32. The molecular weight excluding hydrogens is 429 g/mol. The molecule has 1 N–H and O–H groups in total. The molecule has 0 saturated heterocycles. The third kappa shape index (κ3) is 4.61. The van der Waals surface area contributed by atoms with Gasteiger partial charge in [-0.05, 0) is 54.6 Å². The van der Waals surface area contributed by atoms with E-state index in [9.17, 15) is 21.6 Å². The van der Waals surface area contributed by atoms with E-state index in [1.807, 2.05) is 24.3 Å². The number of hydrogen-bond acceptors (Lipinski definition) is 4. The van der Waals surface area contributed by atoms with Crippen molar-refractivity contribution in [2.24, 2.45) is 0 Å². The average molecular weight is 444 g/mol. The number of benzene rings is 3. The van der Waals surface area contributed by atoms with Crippen molar-refractivity contribution in [3.63, 3.8) is 0 Å². The molecule has 0 unspecified atom stereocenters. The van der Waals surface area contributed by atoms with Crippen molar-refractivity contribution in [2.75, 3.05) is 4.72 Å². The van der Waals surface area contributed by atoms with Gasteiger partial charge in [-0.3, -0.25) is 9.71 Å². The number of nitrogens with one attached hydrogen (secondary N) is 1. The molecule has 0 aliphatic heterocycles. The van der Waals surface area contributed by atoms with E-state index >= 15 is 0 Å². The molecule has 0 amide bonds. The monoisotopic (exact) mass is 444 g/mol. The first-order valence-electron chi connectivity index (χ1n) is 9.04. The van der Waals surface area contributed by atoms with Gasteiger partial charge in [0.1, 0.15) is 11.3 Å². The lowest BCUT2D eigenvalue weighted by Gasteiger charge is -2.12. The molecule has 4 aromatic rings. The van der Waals surface area contributed by atoms with Crippen LogP contribution in [0.4, 0.5) is 18.9 Å². The summed E-state index contributed by atoms with van der Waals surface area (Å²) in [6, 6.07) is 18.8. The first-order chi connectivity index (χ1) is 14.7. The Labute approximate surface area is 176 Å². The number of aromatic nitrogens is 1. The van der Waals surface area contributed by atoms with Crippen LogP contribution in [-0.4, -0.2) is 13.4 Å². The van der Waals surface area contributed by atoms with Crippen molar-refractivity contribution < 1.29 is 26.3 Å². The Hall–Kier alpha value is -3.59. The number of hydrogen-bond donors (Lipinski definition) is 1. The molecule has 1 heterocycles. The quantitative estimate of drug-likeness (QED) is 0.420. The lowest BCUT2D eigenvalue weighted by molar-refractivity contribution is -0.137. The summed E-state index contributed by atoms with van der Waals surface area (Å²) in [5.41, 5.74) is -0.178. The molecule has 0 aliphatic rings. The van der Waals surface area contributed by atoms with Crippen LogP contribution in [0.15, 0.2) is 90.0 Å². The van der Waals surface area contributed by atoms with E-state index in [4.69, 9.17) is 4.74 Å². The molecule has 4 rings (SSSR count). The number of pyridine rings is 1. The van der Waals surface area contributed by atoms with Gasteiger partial charge in [-0.2, -0.15) is 13.2 Å². The summed E-state index contributed by atoms with van der Waals surface area (Å²) in [5, 5.41) is 0.908. The first kappa shape index (κ1) is 20.7. The summed E-state index contributed by atoms with van der Waals surface area (Å²) in [4.78, 5) is 3.82. The fourth-order valence-electron chi connectivity index (χ4n) is 2.93. The molecule has 1 aromatic heterocycles. The summed E-state index contributed by atoms with van der Waals surface area (Å²) in [7, 11) is -4.20. The molecule has 9 heteroatoms. The highest BCUT2D eigenvalue weighted by molar-refractivity contribution is 7.92. The Bertz CT molecular complexity index is 1330. The van der Waals surface area contributed by atoms with Gasteiger partial charge in [0.25, 0.3) is 10.0 Å². The summed E-state index contributed by atoms with van der Waals surface area (Å²) >= 11 is 0. The molecule has 0 bridgehead atoms. The second kappa shape index (κ2) is 7.92. The second-order valence-corrected chi connectivity index (χ2v) is 8.27. The molecule has 31 heavy (non-hydrogen) atoms. The van der Waals surface area contributed by atoms with E-state index < -0.39 is 26.7 Å². The Morgan fingerprint density at radius 2 is 1.58 bits per heavy atom. The maximum absolute atomic E-state index is 12.9. The van der Waals surface area contributed by atoms with Crippen molar-refractivity contribution in [1.82, 2.24) is 4.98 Å². The highest BCUT2D eigenvalue weighted by atomic mass is 32.2. The Balaban J connectivity index is 1.53. The van der Waals surface area contributed by atoms with Crippen LogP contribution in [0.3, 0.4) is 0 Å². The van der Waals surface area contributed by atoms with E-state index in [0.29, 0.717) is 23.1 Å². The molecule has 3 aromatic carbocycles. The van der Waals surface area contributed by atoms with E-state index in [0.717, 1.165) is 23.6 Å². The van der Waals surface area contributed by atoms with E-state index in [1.165, 1.54) is 12.1 Å². The smallest absolute Gasteiger partial charge is 0.416 e. The molecule has 158 valence electrons. The normalized spacial score (nSPS) is 12.0. The number of halogens is 3. The Morgan fingerprint density at radius 3 is 2.32 bits per heavy atom. The Morgan fingerprint density at radius 1 is 0.871 bits per heavy atom. The zero-order valence-electron chi connectivity index (χ0n) is 15.8. The highest BCUT2D eigenvalue weighted by Gasteiger charge is 2.31. The standard InChI is InChI=1S/C22H15F3N2O3S/c23-22(24,25)16-6-2-7-19(14-16)31(28,29)27-17-9-11-18(12-10-17)30-20-8-1-4-15-5-3-13-26-21(15)20/h1-14,27H. The van der Waals surface area contributed by atoms with Crippen LogP contribution in [-0.2, 0) is 16.2 Å². The number of nitrogens with zero attached hydrogens (tertiary/aromatic N) is 1. The van der Waals surface area contributed by atoms with Crippen molar-refractivity contribution in [3.8, 4) is 11.5 Å². The van der Waals surface area contributed by atoms with Gasteiger partial charge in [0.2, 0.25) is 0 Å². The summed E-state index contributed by atoms with van der Waals surface area (Å²) < 4.78 is 71.7.